The Morgan fingerprint density at radius 2 is 1.68 bits per heavy atom. The molecule has 4 bridgehead atoms. The van der Waals surface area contributed by atoms with Crippen LogP contribution in [0.2, 0.25) is 0 Å². The number of hydrogen-bond acceptors (Lipinski definition) is 14. The number of aromatic nitrogens is 1. The number of ketones is 1. The first kappa shape index (κ1) is 42.9. The molecule has 14 heteroatoms. The minimum atomic E-state index is -1.91. The summed E-state index contributed by atoms with van der Waals surface area (Å²) in [4.78, 5) is 58.1. The van der Waals surface area contributed by atoms with E-state index in [0.29, 0.717) is 5.57 Å². The average molecular weight is 813 g/mol. The number of phenolic OH excluding ortho intramolecular Hbond substituents is 1. The number of aliphatic hydroxyl groups excluding tert-OH is 2. The monoisotopic (exact) mass is 812 g/mol. The van der Waals surface area contributed by atoms with Crippen LogP contribution < -0.4 is 26.1 Å². The van der Waals surface area contributed by atoms with Crippen molar-refractivity contribution in [3.63, 3.8) is 0 Å². The maximum Gasteiger partial charge on any atom is 0.307 e. The van der Waals surface area contributed by atoms with Crippen molar-refractivity contribution in [2.24, 2.45) is 29.6 Å². The van der Waals surface area contributed by atoms with Gasteiger partial charge in [-0.25, -0.2) is 4.98 Å². The second-order valence-corrected chi connectivity index (χ2v) is 16.0. The highest BCUT2D eigenvalue weighted by atomic mass is 16.7. The van der Waals surface area contributed by atoms with Crippen molar-refractivity contribution in [3.05, 3.63) is 85.6 Å². The number of nitrogens with zero attached hydrogens (tertiary/aromatic N) is 1. The van der Waals surface area contributed by atoms with Crippen LogP contribution in [0.15, 0.2) is 68.3 Å². The first-order chi connectivity index (χ1) is 27.8. The highest BCUT2D eigenvalue weighted by Crippen LogP contribution is 2.42. The number of ether oxygens (including phenoxy) is 4. The fraction of sp³-hybridized carbons (Fsp3) is 0.444. The second kappa shape index (κ2) is 16.5. The molecule has 3 heterocycles. The minimum absolute atomic E-state index is 0.00688. The summed E-state index contributed by atoms with van der Waals surface area (Å²) in [7, 11) is 1.50. The molecular weight excluding hydrogens is 760 g/mol. The fourth-order valence-corrected chi connectivity index (χ4v) is 8.19. The number of methoxy groups -OCH3 is 1. The van der Waals surface area contributed by atoms with E-state index in [0.717, 1.165) is 0 Å². The molecule has 9 atom stereocenters. The van der Waals surface area contributed by atoms with Gasteiger partial charge >= 0.3 is 11.8 Å². The van der Waals surface area contributed by atoms with Crippen LogP contribution in [0.4, 0.5) is 5.69 Å². The first-order valence-corrected chi connectivity index (χ1v) is 19.7. The Labute approximate surface area is 340 Å². The molecule has 6 rings (SSSR count). The van der Waals surface area contributed by atoms with Gasteiger partial charge in [0.2, 0.25) is 10.9 Å². The molecule has 1 aromatic heterocycles. The molecule has 2 aliphatic heterocycles. The number of rotatable bonds is 2. The summed E-state index contributed by atoms with van der Waals surface area (Å²) >= 11 is 0. The van der Waals surface area contributed by atoms with E-state index in [9.17, 15) is 34.5 Å². The Hall–Kier alpha value is -5.73. The third-order valence-corrected chi connectivity index (χ3v) is 12.2. The van der Waals surface area contributed by atoms with E-state index >= 15 is 0 Å². The first-order valence-electron chi connectivity index (χ1n) is 19.7. The molecule has 0 amide bonds. The molecule has 59 heavy (non-hydrogen) atoms. The Morgan fingerprint density at radius 3 is 2.36 bits per heavy atom. The van der Waals surface area contributed by atoms with Crippen molar-refractivity contribution in [2.75, 3.05) is 19.0 Å². The van der Waals surface area contributed by atoms with Crippen molar-refractivity contribution in [2.45, 2.75) is 86.4 Å². The van der Waals surface area contributed by atoms with Crippen molar-refractivity contribution in [3.8, 4) is 11.5 Å². The van der Waals surface area contributed by atoms with E-state index in [2.05, 4.69) is 10.3 Å². The van der Waals surface area contributed by atoms with Gasteiger partial charge in [0.05, 0.1) is 35.6 Å². The normalized spacial score (nSPS) is 30.3. The van der Waals surface area contributed by atoms with Gasteiger partial charge in [-0.05, 0) is 55.4 Å². The summed E-state index contributed by atoms with van der Waals surface area (Å²) in [5.74, 6) is -5.09. The van der Waals surface area contributed by atoms with E-state index in [1.54, 1.807) is 31.2 Å². The van der Waals surface area contributed by atoms with Gasteiger partial charge in [-0.3, -0.25) is 19.2 Å². The molecule has 0 unspecified atom stereocenters. The molecule has 4 aromatic rings. The van der Waals surface area contributed by atoms with E-state index in [-0.39, 0.29) is 91.2 Å². The standard InChI is InChI=1S/C45H52N2O12/c1-20-13-11-14-21(2)38(51)23(4)22(3)24(5)41(57-27(8)48)25(6)30(55-10)17-18-56-45(9)44(54)34-32-33(39(52)26(7)42(34)59-45)40(53)37(46-19-29(20)50)43-36(32)47-35-28(49)15-12-16-31(35)58-43/h11-18,21-25,30,38,41,46,51-52,54H,19H2,1-10H3/b14-11+,18-17+,20-13-/t21-,22+,23-,24+,25+,30-,38-,41-,45-/m0/s1. The second-order valence-electron chi connectivity index (χ2n) is 16.0. The Morgan fingerprint density at radius 1 is 0.966 bits per heavy atom. The molecule has 14 nitrogen and oxygen atoms in total. The molecule has 3 aromatic carbocycles. The Balaban J connectivity index is 1.59. The summed E-state index contributed by atoms with van der Waals surface area (Å²) in [6.45, 7) is 15.2. The number of anilines is 1. The molecular formula is C45H52N2O12. The number of aromatic hydroxyl groups is 1. The van der Waals surface area contributed by atoms with E-state index < -0.39 is 58.4 Å². The maximum absolute atomic E-state index is 14.5. The van der Waals surface area contributed by atoms with Crippen molar-refractivity contribution in [1.82, 2.24) is 4.98 Å². The van der Waals surface area contributed by atoms with Crippen LogP contribution in [0.5, 0.6) is 11.5 Å². The van der Waals surface area contributed by atoms with Gasteiger partial charge in [-0.2, -0.15) is 0 Å². The molecule has 0 spiro atoms. The van der Waals surface area contributed by atoms with Crippen LogP contribution in [-0.2, 0) is 23.8 Å². The van der Waals surface area contributed by atoms with Crippen LogP contribution in [0, 0.1) is 36.5 Å². The minimum Gasteiger partial charge on any atom is -0.507 e. The van der Waals surface area contributed by atoms with Crippen LogP contribution in [0.25, 0.3) is 38.7 Å². The highest BCUT2D eigenvalue weighted by molar-refractivity contribution is 6.14. The number of nitrogens with one attached hydrogen (secondary N) is 1. The number of hydrogen-bond donors (Lipinski definition) is 4. The zero-order valence-corrected chi connectivity index (χ0v) is 34.9. The molecule has 314 valence electrons. The summed E-state index contributed by atoms with van der Waals surface area (Å²) in [6.07, 6.45) is 5.89. The molecule has 0 aliphatic carbocycles. The number of para-hydroxylation sites is 1. The summed E-state index contributed by atoms with van der Waals surface area (Å²) in [5.41, 5.74) is -1.20. The topological polar surface area (TPSA) is 204 Å². The van der Waals surface area contributed by atoms with Gasteiger partial charge in [-0.15, -0.1) is 0 Å². The molecule has 2 aliphatic rings. The zero-order valence-electron chi connectivity index (χ0n) is 34.9. The lowest BCUT2D eigenvalue weighted by Gasteiger charge is -2.39. The lowest BCUT2D eigenvalue weighted by molar-refractivity contribution is -0.157. The average Bonchev–Trinajstić information content (AvgIpc) is 3.47. The molecule has 4 N–H and O–H groups in total. The SMILES string of the molecule is CO[C@H]1/C=C/O[C@@]2(C)Oc3c(C)c(O)c4c(=O)c(c5oc6cccc(=O)c6nc5c4c3=C2O)NCC(=O)/C(C)=C\C=C\[C@H](C)[C@H](O)[C@@H](C)[C@@H](C)[C@@H](C)[C@H](OC(C)=O)[C@@H]1C. The quantitative estimate of drug-likeness (QED) is 0.106. The molecule has 0 radical (unpaired) electrons. The number of carbonyl (C=O) groups is 2. The predicted octanol–water partition coefficient (Wildman–Crippen LogP) is 5.88. The molecule has 0 saturated heterocycles. The number of benzene rings is 3. The summed E-state index contributed by atoms with van der Waals surface area (Å²) < 4.78 is 30.3. The van der Waals surface area contributed by atoms with Crippen molar-refractivity contribution < 1.29 is 48.3 Å². The molecule has 0 fully saturated rings. The largest absolute Gasteiger partial charge is 0.507 e. The lowest BCUT2D eigenvalue weighted by atomic mass is 9.73. The van der Waals surface area contributed by atoms with Crippen molar-refractivity contribution >= 4 is 56.2 Å². The van der Waals surface area contributed by atoms with Gasteiger partial charge in [0.15, 0.2) is 28.2 Å². The van der Waals surface area contributed by atoms with Crippen LogP contribution >= 0.6 is 0 Å². The van der Waals surface area contributed by atoms with Gasteiger partial charge < -0.3 is 44.0 Å². The maximum atomic E-state index is 14.5. The number of aliphatic hydroxyl groups is 2. The summed E-state index contributed by atoms with van der Waals surface area (Å²) in [5, 5.41) is 37.7. The Bertz CT molecular complexity index is 2610. The third-order valence-electron chi connectivity index (χ3n) is 12.2. The number of carbonyl (C=O) groups excluding carboxylic acids is 2. The summed E-state index contributed by atoms with van der Waals surface area (Å²) in [6, 6.07) is 4.29. The van der Waals surface area contributed by atoms with Crippen LogP contribution in [-0.4, -0.2) is 69.8 Å². The van der Waals surface area contributed by atoms with E-state index in [1.165, 1.54) is 52.3 Å². The lowest BCUT2D eigenvalue weighted by Crippen LogP contribution is -2.43. The number of phenols is 1. The fourth-order valence-electron chi connectivity index (χ4n) is 8.19. The van der Waals surface area contributed by atoms with Gasteiger partial charge in [0.1, 0.15) is 28.8 Å². The van der Waals surface area contributed by atoms with Crippen LogP contribution in [0.1, 0.15) is 61.0 Å². The number of allylic oxidation sites excluding steroid dienone is 2. The third kappa shape index (κ3) is 7.67. The predicted molar refractivity (Wildman–Crippen MR) is 223 cm³/mol. The van der Waals surface area contributed by atoms with Gasteiger partial charge in [0.25, 0.3) is 0 Å². The van der Waals surface area contributed by atoms with Gasteiger partial charge in [-0.1, -0.05) is 58.9 Å². The number of fused-ring (bicyclic) bond motifs is 2. The van der Waals surface area contributed by atoms with E-state index in [1.807, 2.05) is 34.6 Å². The zero-order chi connectivity index (χ0) is 43.2. The van der Waals surface area contributed by atoms with E-state index in [4.69, 9.17) is 23.4 Å². The Kier molecular flexibility index (Phi) is 12.0. The number of esters is 1. The smallest absolute Gasteiger partial charge is 0.307 e. The van der Waals surface area contributed by atoms with Crippen LogP contribution in [0.3, 0.4) is 0 Å². The highest BCUT2D eigenvalue weighted by Gasteiger charge is 2.44. The molecule has 0 saturated carbocycles. The number of Topliss-reactive ketones (excluding diaryl/α,β-unsaturated/α-hetero) is 1. The van der Waals surface area contributed by atoms with Gasteiger partial charge in [0, 0.05) is 43.7 Å². The van der Waals surface area contributed by atoms with Crippen molar-refractivity contribution in [1.29, 1.82) is 0 Å².